The van der Waals surface area contributed by atoms with Crippen molar-refractivity contribution >= 4 is 40.5 Å². The molecule has 0 bridgehead atoms. The minimum Gasteiger partial charge on any atom is -0.350 e. The van der Waals surface area contributed by atoms with E-state index in [1.165, 1.54) is 24.3 Å². The fourth-order valence-corrected chi connectivity index (χ4v) is 2.65. The lowest BCUT2D eigenvalue weighted by Crippen LogP contribution is -2.32. The van der Waals surface area contributed by atoms with E-state index >= 15 is 0 Å². The largest absolute Gasteiger partial charge is 0.350 e. The van der Waals surface area contributed by atoms with Gasteiger partial charge in [0, 0.05) is 17.8 Å². The van der Waals surface area contributed by atoms with E-state index in [9.17, 15) is 19.7 Å². The van der Waals surface area contributed by atoms with Crippen LogP contribution in [-0.2, 0) is 9.59 Å². The molecule has 0 radical (unpaired) electrons. The number of nitro groups is 1. The number of benzene rings is 2. The van der Waals surface area contributed by atoms with Gasteiger partial charge < -0.3 is 5.32 Å². The third-order valence-corrected chi connectivity index (χ3v) is 3.98. The number of carbonyl (C=O) groups is 2. The normalized spacial score (nSPS) is 14.2. The summed E-state index contributed by atoms with van der Waals surface area (Å²) in [5, 5.41) is 13.4. The van der Waals surface area contributed by atoms with Crippen LogP contribution in [0.2, 0.25) is 0 Å². The van der Waals surface area contributed by atoms with Crippen molar-refractivity contribution in [2.45, 2.75) is 6.92 Å². The molecule has 1 N–H and O–H groups in total. The minimum atomic E-state index is -0.685. The zero-order valence-electron chi connectivity index (χ0n) is 13.0. The van der Waals surface area contributed by atoms with Crippen LogP contribution in [-0.4, -0.2) is 16.7 Å². The van der Waals surface area contributed by atoms with Gasteiger partial charge in [0.15, 0.2) is 0 Å². The van der Waals surface area contributed by atoms with Crippen molar-refractivity contribution in [1.29, 1.82) is 0 Å². The molecule has 8 heteroatoms. The highest BCUT2D eigenvalue weighted by Crippen LogP contribution is 2.31. The van der Waals surface area contributed by atoms with Crippen molar-refractivity contribution in [3.63, 3.8) is 0 Å². The third kappa shape index (κ3) is 3.09. The molecular weight excluding hydrogens is 346 g/mol. The van der Waals surface area contributed by atoms with Crippen molar-refractivity contribution < 1.29 is 14.5 Å². The number of nitrogens with one attached hydrogen (secondary N) is 1. The van der Waals surface area contributed by atoms with Gasteiger partial charge in [-0.25, -0.2) is 4.90 Å². The van der Waals surface area contributed by atoms with Crippen molar-refractivity contribution in [3.8, 4) is 0 Å². The number of anilines is 2. The standard InChI is InChI=1S/C17H12ClN3O4/c1-10-3-2-4-11(9-10)19-15-14(18)16(22)20(17(15)23)12-5-7-13(8-6-12)21(24)25/h2-9,19H,1H3. The molecule has 2 amide bonds. The molecule has 0 saturated carbocycles. The maximum atomic E-state index is 12.6. The Hall–Kier alpha value is -3.19. The Morgan fingerprint density at radius 3 is 2.36 bits per heavy atom. The second-order valence-corrected chi connectivity index (χ2v) is 5.78. The summed E-state index contributed by atoms with van der Waals surface area (Å²) in [7, 11) is 0. The van der Waals surface area contributed by atoms with Crippen LogP contribution in [0.5, 0.6) is 0 Å². The number of hydrogen-bond acceptors (Lipinski definition) is 5. The Morgan fingerprint density at radius 1 is 1.08 bits per heavy atom. The molecule has 3 rings (SSSR count). The molecule has 0 unspecified atom stereocenters. The summed E-state index contributed by atoms with van der Waals surface area (Å²) in [6.45, 7) is 1.89. The molecule has 0 aromatic heterocycles. The van der Waals surface area contributed by atoms with E-state index in [1.807, 2.05) is 25.1 Å². The third-order valence-electron chi connectivity index (χ3n) is 3.63. The summed E-state index contributed by atoms with van der Waals surface area (Å²) in [5.74, 6) is -1.30. The number of halogens is 1. The van der Waals surface area contributed by atoms with Crippen LogP contribution in [0.3, 0.4) is 0 Å². The highest BCUT2D eigenvalue weighted by molar-refractivity contribution is 6.53. The summed E-state index contributed by atoms with van der Waals surface area (Å²) in [5.41, 5.74) is 1.64. The van der Waals surface area contributed by atoms with E-state index in [0.717, 1.165) is 10.5 Å². The van der Waals surface area contributed by atoms with Crippen LogP contribution in [0.4, 0.5) is 17.1 Å². The fourth-order valence-electron chi connectivity index (χ4n) is 2.44. The summed E-state index contributed by atoms with van der Waals surface area (Å²) >= 11 is 6.04. The lowest BCUT2D eigenvalue weighted by atomic mass is 10.2. The first-order chi connectivity index (χ1) is 11.9. The van der Waals surface area contributed by atoms with Crippen LogP contribution < -0.4 is 10.2 Å². The molecule has 0 spiro atoms. The van der Waals surface area contributed by atoms with Crippen LogP contribution in [0.15, 0.2) is 59.3 Å². The molecule has 2 aromatic carbocycles. The van der Waals surface area contributed by atoms with Gasteiger partial charge in [0.2, 0.25) is 0 Å². The Morgan fingerprint density at radius 2 is 1.76 bits per heavy atom. The topological polar surface area (TPSA) is 92.6 Å². The number of carbonyl (C=O) groups excluding carboxylic acids is 2. The van der Waals surface area contributed by atoms with E-state index < -0.39 is 16.7 Å². The van der Waals surface area contributed by atoms with E-state index in [1.54, 1.807) is 6.07 Å². The van der Waals surface area contributed by atoms with E-state index in [-0.39, 0.29) is 22.1 Å². The van der Waals surface area contributed by atoms with Gasteiger partial charge >= 0.3 is 0 Å². The molecular formula is C17H12ClN3O4. The number of rotatable bonds is 4. The molecule has 25 heavy (non-hydrogen) atoms. The number of nitrogens with zero attached hydrogens (tertiary/aromatic N) is 2. The zero-order chi connectivity index (χ0) is 18.1. The fraction of sp³-hybridized carbons (Fsp3) is 0.0588. The lowest BCUT2D eigenvalue weighted by molar-refractivity contribution is -0.384. The molecule has 1 aliphatic heterocycles. The number of aryl methyl sites for hydroxylation is 1. The monoisotopic (exact) mass is 357 g/mol. The van der Waals surface area contributed by atoms with E-state index in [0.29, 0.717) is 5.69 Å². The first kappa shape index (κ1) is 16.7. The summed E-state index contributed by atoms with van der Waals surface area (Å²) in [4.78, 5) is 36.0. The van der Waals surface area contributed by atoms with Crippen molar-refractivity contribution in [2.24, 2.45) is 0 Å². The van der Waals surface area contributed by atoms with Gasteiger partial charge in [0.25, 0.3) is 17.5 Å². The van der Waals surface area contributed by atoms with Crippen LogP contribution in [0.25, 0.3) is 0 Å². The summed E-state index contributed by atoms with van der Waals surface area (Å²) in [6, 6.07) is 12.3. The van der Waals surface area contributed by atoms with E-state index in [2.05, 4.69) is 5.32 Å². The Kier molecular flexibility index (Phi) is 4.24. The maximum absolute atomic E-state index is 12.6. The highest BCUT2D eigenvalue weighted by atomic mass is 35.5. The predicted octanol–water partition coefficient (Wildman–Crippen LogP) is 3.34. The van der Waals surface area contributed by atoms with Gasteiger partial charge in [0.05, 0.1) is 10.6 Å². The maximum Gasteiger partial charge on any atom is 0.283 e. The Labute approximate surface area is 147 Å². The highest BCUT2D eigenvalue weighted by Gasteiger charge is 2.39. The lowest BCUT2D eigenvalue weighted by Gasteiger charge is -2.15. The molecule has 0 atom stereocenters. The molecule has 7 nitrogen and oxygen atoms in total. The number of imide groups is 1. The summed E-state index contributed by atoms with van der Waals surface area (Å²) in [6.07, 6.45) is 0. The molecule has 0 saturated heterocycles. The molecule has 126 valence electrons. The van der Waals surface area contributed by atoms with Crippen molar-refractivity contribution in [3.05, 3.63) is 74.9 Å². The van der Waals surface area contributed by atoms with Crippen LogP contribution in [0, 0.1) is 17.0 Å². The van der Waals surface area contributed by atoms with Gasteiger partial charge in [-0.1, -0.05) is 23.7 Å². The first-order valence-corrected chi connectivity index (χ1v) is 7.63. The van der Waals surface area contributed by atoms with Gasteiger partial charge in [-0.15, -0.1) is 0 Å². The second-order valence-electron chi connectivity index (χ2n) is 5.40. The van der Waals surface area contributed by atoms with Gasteiger partial charge in [-0.05, 0) is 36.8 Å². The minimum absolute atomic E-state index is 0.0318. The molecule has 2 aromatic rings. The molecule has 1 heterocycles. The SMILES string of the molecule is Cc1cccc(NC2=C(Cl)C(=O)N(c3ccc([N+](=O)[O-])cc3)C2=O)c1. The quantitative estimate of drug-likeness (QED) is 0.514. The number of nitro benzene ring substituents is 1. The average Bonchev–Trinajstić information content (AvgIpc) is 2.79. The average molecular weight is 358 g/mol. The number of hydrogen-bond donors (Lipinski definition) is 1. The number of amides is 2. The predicted molar refractivity (Wildman–Crippen MR) is 93.3 cm³/mol. The summed E-state index contributed by atoms with van der Waals surface area (Å²) < 4.78 is 0. The second kappa shape index (κ2) is 6.37. The van der Waals surface area contributed by atoms with Gasteiger partial charge in [-0.3, -0.25) is 19.7 Å². The molecule has 0 aliphatic carbocycles. The van der Waals surface area contributed by atoms with Gasteiger partial charge in [-0.2, -0.15) is 0 Å². The Balaban J connectivity index is 1.89. The first-order valence-electron chi connectivity index (χ1n) is 7.25. The number of non-ortho nitro benzene ring substituents is 1. The van der Waals surface area contributed by atoms with Crippen molar-refractivity contribution in [1.82, 2.24) is 0 Å². The van der Waals surface area contributed by atoms with Crippen LogP contribution >= 0.6 is 11.6 Å². The van der Waals surface area contributed by atoms with E-state index in [4.69, 9.17) is 11.6 Å². The van der Waals surface area contributed by atoms with Gasteiger partial charge in [0.1, 0.15) is 10.7 Å². The van der Waals surface area contributed by atoms with Crippen LogP contribution in [0.1, 0.15) is 5.56 Å². The molecule has 0 fully saturated rings. The van der Waals surface area contributed by atoms with Crippen molar-refractivity contribution in [2.75, 3.05) is 10.2 Å². The Bertz CT molecular complexity index is 922. The smallest absolute Gasteiger partial charge is 0.283 e. The molecule has 1 aliphatic rings. The zero-order valence-corrected chi connectivity index (χ0v) is 13.8.